The minimum Gasteiger partial charge on any atom is -0.338 e. The second kappa shape index (κ2) is 7.51. The fraction of sp³-hybridized carbons (Fsp3) is 0.600. The number of sulfone groups is 1. The number of carbonyl (C=O) groups excluding carboxylic acids is 2. The highest BCUT2D eigenvalue weighted by atomic mass is 32.2. The number of nitriles is 1. The number of amides is 2. The smallest absolute Gasteiger partial charge is 0.267 e. The Morgan fingerprint density at radius 2 is 1.90 bits per heavy atom. The molecule has 8 nitrogen and oxygen atoms in total. The zero-order chi connectivity index (χ0) is 22.4. The number of hydrogen-bond acceptors (Lipinski definition) is 6. The van der Waals surface area contributed by atoms with Crippen molar-refractivity contribution >= 4 is 21.7 Å². The van der Waals surface area contributed by atoms with Crippen LogP contribution in [0.2, 0.25) is 0 Å². The molecule has 1 saturated heterocycles. The minimum atomic E-state index is -3.93. The Labute approximate surface area is 178 Å². The van der Waals surface area contributed by atoms with E-state index in [0.717, 1.165) is 4.90 Å². The largest absolute Gasteiger partial charge is 0.338 e. The lowest BCUT2D eigenvalue weighted by molar-refractivity contribution is -0.141. The van der Waals surface area contributed by atoms with Crippen LogP contribution in [0.4, 0.5) is 8.78 Å². The van der Waals surface area contributed by atoms with Gasteiger partial charge in [-0.1, -0.05) is 6.07 Å². The van der Waals surface area contributed by atoms with Crippen molar-refractivity contribution in [3.05, 3.63) is 24.4 Å². The third kappa shape index (κ3) is 4.13. The molecule has 2 aliphatic carbocycles. The molecule has 1 aromatic heterocycles. The first kappa shape index (κ1) is 21.6. The summed E-state index contributed by atoms with van der Waals surface area (Å²) in [5, 5.41) is 10.7. The average molecular weight is 452 g/mol. The van der Waals surface area contributed by atoms with Crippen LogP contribution < -0.4 is 5.32 Å². The Hall–Kier alpha value is -2.61. The highest BCUT2D eigenvalue weighted by molar-refractivity contribution is 7.92. The van der Waals surface area contributed by atoms with E-state index in [-0.39, 0.29) is 24.4 Å². The number of nitrogens with zero attached hydrogens (tertiary/aromatic N) is 3. The summed E-state index contributed by atoms with van der Waals surface area (Å²) in [5.74, 6) is -6.28. The maximum atomic E-state index is 13.6. The number of aromatic nitrogens is 1. The molecule has 11 heteroatoms. The zero-order valence-corrected chi connectivity index (χ0v) is 17.4. The summed E-state index contributed by atoms with van der Waals surface area (Å²) < 4.78 is 53.4. The van der Waals surface area contributed by atoms with E-state index >= 15 is 0 Å². The molecule has 2 heterocycles. The predicted octanol–water partition coefficient (Wildman–Crippen LogP) is 1.29. The number of rotatable bonds is 5. The lowest BCUT2D eigenvalue weighted by Gasteiger charge is -2.24. The molecule has 4 rings (SSSR count). The number of nitrogens with one attached hydrogen (secondary N) is 1. The summed E-state index contributed by atoms with van der Waals surface area (Å²) >= 11 is 0. The molecule has 0 spiro atoms. The standard InChI is InChI=1S/C20H22F2N4O4S/c21-20(22)6-8-26(12-20)18(28)15-10-13(31(29,30)16-3-1-2-7-24-16)9-14(15)17(27)25-19(11-23)4-5-19/h1-3,7,13-15H,4-6,8-10,12H2,(H,25,27)/t13-,14-,15-/m1/s1. The lowest BCUT2D eigenvalue weighted by Crippen LogP contribution is -2.45. The van der Waals surface area contributed by atoms with Crippen LogP contribution in [-0.2, 0) is 19.4 Å². The number of carbonyl (C=O) groups is 2. The van der Waals surface area contributed by atoms with Gasteiger partial charge in [-0.25, -0.2) is 22.2 Å². The van der Waals surface area contributed by atoms with Crippen molar-refractivity contribution in [2.24, 2.45) is 11.8 Å². The van der Waals surface area contributed by atoms with Gasteiger partial charge in [-0.3, -0.25) is 9.59 Å². The van der Waals surface area contributed by atoms with Crippen molar-refractivity contribution in [3.8, 4) is 6.07 Å². The van der Waals surface area contributed by atoms with Crippen LogP contribution in [-0.4, -0.2) is 59.9 Å². The van der Waals surface area contributed by atoms with Crippen LogP contribution >= 0.6 is 0 Å². The molecule has 2 saturated carbocycles. The first-order valence-corrected chi connectivity index (χ1v) is 11.7. The molecule has 0 radical (unpaired) electrons. The fourth-order valence-electron chi connectivity index (χ4n) is 4.37. The minimum absolute atomic E-state index is 0.132. The monoisotopic (exact) mass is 452 g/mol. The molecule has 1 N–H and O–H groups in total. The maximum absolute atomic E-state index is 13.6. The van der Waals surface area contributed by atoms with Gasteiger partial charge in [0, 0.05) is 19.2 Å². The highest BCUT2D eigenvalue weighted by Gasteiger charge is 2.53. The summed E-state index contributed by atoms with van der Waals surface area (Å²) in [7, 11) is -3.93. The highest BCUT2D eigenvalue weighted by Crippen LogP contribution is 2.42. The molecule has 3 atom stereocenters. The van der Waals surface area contributed by atoms with E-state index in [1.165, 1.54) is 18.3 Å². The number of halogens is 2. The van der Waals surface area contributed by atoms with Crippen LogP contribution in [0.1, 0.15) is 32.1 Å². The molecule has 31 heavy (non-hydrogen) atoms. The number of likely N-dealkylation sites (tertiary alicyclic amines) is 1. The molecule has 3 aliphatic rings. The molecule has 3 fully saturated rings. The van der Waals surface area contributed by atoms with Gasteiger partial charge in [0.1, 0.15) is 5.54 Å². The van der Waals surface area contributed by atoms with E-state index in [0.29, 0.717) is 12.8 Å². The quantitative estimate of drug-likeness (QED) is 0.719. The van der Waals surface area contributed by atoms with Crippen LogP contribution in [0.25, 0.3) is 0 Å². The van der Waals surface area contributed by atoms with Crippen LogP contribution in [0, 0.1) is 23.2 Å². The van der Waals surface area contributed by atoms with Gasteiger partial charge in [-0.2, -0.15) is 5.26 Å². The van der Waals surface area contributed by atoms with Gasteiger partial charge < -0.3 is 10.2 Å². The van der Waals surface area contributed by atoms with Gasteiger partial charge in [-0.05, 0) is 37.8 Å². The van der Waals surface area contributed by atoms with Gasteiger partial charge in [0.25, 0.3) is 5.92 Å². The Morgan fingerprint density at radius 1 is 1.19 bits per heavy atom. The van der Waals surface area contributed by atoms with Gasteiger partial charge in [0.15, 0.2) is 14.9 Å². The molecule has 1 aliphatic heterocycles. The SMILES string of the molecule is N#CC1(NC(=O)[C@@H]2C[C@@H](S(=O)(=O)c3ccccn3)C[C@H]2C(=O)N2CCC(F)(F)C2)CC1. The Morgan fingerprint density at radius 3 is 2.45 bits per heavy atom. The van der Waals surface area contributed by atoms with Crippen molar-refractivity contribution in [2.75, 3.05) is 13.1 Å². The van der Waals surface area contributed by atoms with Crippen molar-refractivity contribution < 1.29 is 26.8 Å². The molecule has 166 valence electrons. The van der Waals surface area contributed by atoms with Gasteiger partial charge in [0.05, 0.1) is 29.7 Å². The Kier molecular flexibility index (Phi) is 5.24. The van der Waals surface area contributed by atoms with E-state index < -0.39 is 63.2 Å². The second-order valence-electron chi connectivity index (χ2n) is 8.57. The third-order valence-electron chi connectivity index (χ3n) is 6.35. The van der Waals surface area contributed by atoms with Crippen LogP contribution in [0.3, 0.4) is 0 Å². The number of pyridine rings is 1. The van der Waals surface area contributed by atoms with Gasteiger partial charge >= 0.3 is 0 Å². The molecule has 0 unspecified atom stereocenters. The zero-order valence-electron chi connectivity index (χ0n) is 16.6. The first-order valence-electron chi connectivity index (χ1n) is 10.1. The summed E-state index contributed by atoms with van der Waals surface area (Å²) in [5.41, 5.74) is -0.983. The predicted molar refractivity (Wildman–Crippen MR) is 103 cm³/mol. The summed E-state index contributed by atoms with van der Waals surface area (Å²) in [6, 6.07) is 6.47. The second-order valence-corrected chi connectivity index (χ2v) is 10.7. The molecule has 0 aromatic carbocycles. The van der Waals surface area contributed by atoms with E-state index in [4.69, 9.17) is 0 Å². The van der Waals surface area contributed by atoms with Gasteiger partial charge in [-0.15, -0.1) is 0 Å². The molecule has 1 aromatic rings. The number of hydrogen-bond donors (Lipinski definition) is 1. The van der Waals surface area contributed by atoms with Crippen LogP contribution in [0.15, 0.2) is 29.4 Å². The van der Waals surface area contributed by atoms with Crippen molar-refractivity contribution in [1.29, 1.82) is 5.26 Å². The van der Waals surface area contributed by atoms with Crippen molar-refractivity contribution in [3.63, 3.8) is 0 Å². The summed E-state index contributed by atoms with van der Waals surface area (Å²) in [6.45, 7) is -0.882. The van der Waals surface area contributed by atoms with Gasteiger partial charge in [0.2, 0.25) is 11.8 Å². The average Bonchev–Trinajstić information content (AvgIpc) is 3.19. The van der Waals surface area contributed by atoms with E-state index in [1.54, 1.807) is 6.07 Å². The van der Waals surface area contributed by atoms with Crippen LogP contribution in [0.5, 0.6) is 0 Å². The first-order chi connectivity index (χ1) is 14.6. The Bertz CT molecular complexity index is 1040. The molecule has 2 amide bonds. The normalized spacial score (nSPS) is 28.7. The fourth-order valence-corrected chi connectivity index (χ4v) is 6.11. The number of alkyl halides is 2. The topological polar surface area (TPSA) is 120 Å². The maximum Gasteiger partial charge on any atom is 0.267 e. The van der Waals surface area contributed by atoms with E-state index in [2.05, 4.69) is 10.3 Å². The van der Waals surface area contributed by atoms with Crippen molar-refractivity contribution in [1.82, 2.24) is 15.2 Å². The lowest BCUT2D eigenvalue weighted by atomic mass is 9.93. The molecule has 0 bridgehead atoms. The van der Waals surface area contributed by atoms with E-state index in [9.17, 15) is 32.0 Å². The molecular weight excluding hydrogens is 430 g/mol. The third-order valence-corrected chi connectivity index (χ3v) is 8.44. The van der Waals surface area contributed by atoms with Crippen molar-refractivity contribution in [2.45, 2.75) is 53.8 Å². The summed E-state index contributed by atoms with van der Waals surface area (Å²) in [6.07, 6.45) is 1.55. The molecular formula is C20H22F2N4O4S. The summed E-state index contributed by atoms with van der Waals surface area (Å²) in [4.78, 5) is 30.9. The van der Waals surface area contributed by atoms with E-state index in [1.807, 2.05) is 6.07 Å². The Balaban J connectivity index is 1.60.